The zero-order valence-electron chi connectivity index (χ0n) is 18.8. The molecule has 0 fully saturated rings. The van der Waals surface area contributed by atoms with Gasteiger partial charge in [-0.25, -0.2) is 26.9 Å². The van der Waals surface area contributed by atoms with E-state index in [2.05, 4.69) is 15.6 Å². The van der Waals surface area contributed by atoms with Crippen molar-refractivity contribution < 1.29 is 35.6 Å². The number of furan rings is 1. The Bertz CT molecular complexity index is 1780. The van der Waals surface area contributed by atoms with Gasteiger partial charge in [0.1, 0.15) is 16.8 Å². The van der Waals surface area contributed by atoms with Crippen LogP contribution < -0.4 is 10.6 Å². The van der Waals surface area contributed by atoms with Crippen molar-refractivity contribution in [3.8, 4) is 22.8 Å². The minimum atomic E-state index is -2.30. The molecule has 2 N–H and O–H groups in total. The van der Waals surface area contributed by atoms with Crippen LogP contribution in [0.25, 0.3) is 33.9 Å². The van der Waals surface area contributed by atoms with Gasteiger partial charge in [0.15, 0.2) is 39.7 Å². The van der Waals surface area contributed by atoms with Gasteiger partial charge < -0.3 is 14.2 Å². The molecule has 0 aliphatic heterocycles. The molecule has 6 nitrogen and oxygen atoms in total. The Labute approximate surface area is 230 Å². The average Bonchev–Trinajstić information content (AvgIpc) is 3.55. The molecule has 2 heterocycles. The molecule has 0 saturated heterocycles. The van der Waals surface area contributed by atoms with Crippen molar-refractivity contribution in [1.82, 2.24) is 10.3 Å². The summed E-state index contributed by atoms with van der Waals surface area (Å²) in [6, 6.07) is 11.9. The number of amides is 1. The Morgan fingerprint density at radius 2 is 1.56 bits per heavy atom. The fraction of sp³-hybridized carbons (Fsp3) is 0. The van der Waals surface area contributed by atoms with Crippen LogP contribution in [0.4, 0.5) is 27.6 Å². The number of hydrogen-bond acceptors (Lipinski definition) is 5. The molecular formula is C25H10Cl2F5N3O3S. The molecule has 0 radical (unpaired) electrons. The number of thiocarbonyl (C=S) groups is 1. The smallest absolute Gasteiger partial charge is 0.293 e. The number of anilines is 1. The van der Waals surface area contributed by atoms with Crippen LogP contribution >= 0.6 is 35.4 Å². The van der Waals surface area contributed by atoms with Crippen molar-refractivity contribution in [1.29, 1.82) is 0 Å². The molecular weight excluding hydrogens is 588 g/mol. The van der Waals surface area contributed by atoms with Crippen molar-refractivity contribution in [2.24, 2.45) is 0 Å². The predicted molar refractivity (Wildman–Crippen MR) is 137 cm³/mol. The molecule has 5 rings (SSSR count). The summed E-state index contributed by atoms with van der Waals surface area (Å²) >= 11 is 17.3. The SMILES string of the molecule is O=C(NC(=S)Nc1ccc2oc(-c3c(F)c(F)c(F)c(F)c3F)nc2c1)c1ccc(-c2cccc(Cl)c2Cl)o1. The number of oxazole rings is 1. The molecule has 0 aliphatic rings. The maximum atomic E-state index is 14.2. The molecule has 39 heavy (non-hydrogen) atoms. The van der Waals surface area contributed by atoms with Crippen LogP contribution in [0.5, 0.6) is 0 Å². The quantitative estimate of drug-likeness (QED) is 0.0949. The number of carbonyl (C=O) groups is 1. The van der Waals surface area contributed by atoms with E-state index in [9.17, 15) is 26.7 Å². The number of nitrogens with zero attached hydrogens (tertiary/aromatic N) is 1. The summed E-state index contributed by atoms with van der Waals surface area (Å²) < 4.78 is 79.6. The lowest BCUT2D eigenvalue weighted by Crippen LogP contribution is -2.33. The minimum Gasteiger partial charge on any atom is -0.451 e. The molecule has 0 bridgehead atoms. The Hall–Kier alpha value is -4.00. The van der Waals surface area contributed by atoms with Crippen LogP contribution in [0.1, 0.15) is 10.6 Å². The van der Waals surface area contributed by atoms with E-state index in [0.29, 0.717) is 16.3 Å². The third-order valence-corrected chi connectivity index (χ3v) is 6.37. The van der Waals surface area contributed by atoms with E-state index in [1.54, 1.807) is 18.2 Å². The van der Waals surface area contributed by atoms with Gasteiger partial charge in [-0.3, -0.25) is 10.1 Å². The molecule has 0 aliphatic carbocycles. The summed E-state index contributed by atoms with van der Waals surface area (Å²) in [5, 5.41) is 5.53. The zero-order valence-corrected chi connectivity index (χ0v) is 21.2. The lowest BCUT2D eigenvalue weighted by molar-refractivity contribution is 0.0951. The lowest BCUT2D eigenvalue weighted by atomic mass is 10.1. The third-order valence-electron chi connectivity index (χ3n) is 5.34. The topological polar surface area (TPSA) is 80.3 Å². The Balaban J connectivity index is 1.32. The highest BCUT2D eigenvalue weighted by Gasteiger charge is 2.29. The standard InChI is InChI=1S/C25H10Cl2F5N3O3S/c26-11-3-1-2-10(17(11)27)13-6-7-15(37-13)23(36)35-25(39)33-9-4-5-14-12(8-9)34-24(38-14)16-18(28)20(30)22(32)21(31)19(16)29/h1-8H,(H2,33,35,36,39). The van der Waals surface area contributed by atoms with Crippen molar-refractivity contribution in [3.63, 3.8) is 0 Å². The third kappa shape index (κ3) is 4.93. The summed E-state index contributed by atoms with van der Waals surface area (Å²) in [6.45, 7) is 0. The molecule has 198 valence electrons. The molecule has 0 saturated carbocycles. The van der Waals surface area contributed by atoms with Gasteiger partial charge in [0.05, 0.1) is 10.0 Å². The van der Waals surface area contributed by atoms with E-state index in [0.717, 1.165) is 0 Å². The second-order valence-corrected chi connectivity index (χ2v) is 9.01. The normalized spacial score (nSPS) is 11.2. The number of aromatic nitrogens is 1. The maximum absolute atomic E-state index is 14.2. The van der Waals surface area contributed by atoms with Gasteiger partial charge in [0.25, 0.3) is 5.91 Å². The van der Waals surface area contributed by atoms with E-state index in [1.165, 1.54) is 30.3 Å². The summed E-state index contributed by atoms with van der Waals surface area (Å²) in [5.41, 5.74) is -0.581. The first kappa shape index (κ1) is 26.6. The number of hydrogen-bond donors (Lipinski definition) is 2. The van der Waals surface area contributed by atoms with Gasteiger partial charge >= 0.3 is 0 Å². The van der Waals surface area contributed by atoms with Crippen molar-refractivity contribution in [2.75, 3.05) is 5.32 Å². The molecule has 0 unspecified atom stereocenters. The fourth-order valence-corrected chi connectivity index (χ4v) is 4.13. The lowest BCUT2D eigenvalue weighted by Gasteiger charge is -2.08. The number of benzene rings is 3. The van der Waals surface area contributed by atoms with Crippen molar-refractivity contribution >= 4 is 63.2 Å². The number of fused-ring (bicyclic) bond motifs is 1. The Morgan fingerprint density at radius 3 is 2.28 bits per heavy atom. The monoisotopic (exact) mass is 597 g/mol. The summed E-state index contributed by atoms with van der Waals surface area (Å²) in [4.78, 5) is 16.4. The van der Waals surface area contributed by atoms with Gasteiger partial charge in [0.2, 0.25) is 11.7 Å². The number of nitrogens with one attached hydrogen (secondary N) is 2. The first-order chi connectivity index (χ1) is 18.5. The first-order valence-corrected chi connectivity index (χ1v) is 11.8. The van der Waals surface area contributed by atoms with E-state index in [4.69, 9.17) is 44.3 Å². The largest absolute Gasteiger partial charge is 0.451 e. The van der Waals surface area contributed by atoms with Gasteiger partial charge in [-0.1, -0.05) is 29.3 Å². The van der Waals surface area contributed by atoms with Crippen LogP contribution in [-0.2, 0) is 0 Å². The van der Waals surface area contributed by atoms with Gasteiger partial charge in [-0.05, 0) is 54.7 Å². The minimum absolute atomic E-state index is 0.00199. The maximum Gasteiger partial charge on any atom is 0.293 e. The fourth-order valence-electron chi connectivity index (χ4n) is 3.53. The molecule has 0 spiro atoms. The van der Waals surface area contributed by atoms with Gasteiger partial charge in [-0.2, -0.15) is 0 Å². The Morgan fingerprint density at radius 1 is 0.872 bits per heavy atom. The molecule has 2 aromatic heterocycles. The van der Waals surface area contributed by atoms with Gasteiger partial charge in [-0.15, -0.1) is 0 Å². The number of rotatable bonds is 4. The first-order valence-electron chi connectivity index (χ1n) is 10.6. The molecule has 5 aromatic rings. The molecule has 1 amide bonds. The zero-order chi connectivity index (χ0) is 28.0. The van der Waals surface area contributed by atoms with Crippen LogP contribution in [0.2, 0.25) is 10.0 Å². The van der Waals surface area contributed by atoms with Crippen LogP contribution in [-0.4, -0.2) is 16.0 Å². The highest BCUT2D eigenvalue weighted by molar-refractivity contribution is 7.80. The van der Waals surface area contributed by atoms with E-state index in [-0.39, 0.29) is 32.7 Å². The summed E-state index contributed by atoms with van der Waals surface area (Å²) in [5.74, 6) is -12.0. The van der Waals surface area contributed by atoms with E-state index < -0.39 is 46.4 Å². The van der Waals surface area contributed by atoms with Crippen LogP contribution in [0.15, 0.2) is 57.4 Å². The second kappa shape index (κ2) is 10.3. The number of halogens is 7. The molecule has 14 heteroatoms. The number of carbonyl (C=O) groups excluding carboxylic acids is 1. The van der Waals surface area contributed by atoms with E-state index >= 15 is 0 Å². The summed E-state index contributed by atoms with van der Waals surface area (Å²) in [6.07, 6.45) is 0. The summed E-state index contributed by atoms with van der Waals surface area (Å²) in [7, 11) is 0. The average molecular weight is 598 g/mol. The highest BCUT2D eigenvalue weighted by atomic mass is 35.5. The Kier molecular flexibility index (Phi) is 7.02. The second-order valence-electron chi connectivity index (χ2n) is 7.82. The van der Waals surface area contributed by atoms with Crippen molar-refractivity contribution in [2.45, 2.75) is 0 Å². The van der Waals surface area contributed by atoms with Crippen LogP contribution in [0.3, 0.4) is 0 Å². The van der Waals surface area contributed by atoms with E-state index in [1.807, 2.05) is 0 Å². The van der Waals surface area contributed by atoms with Crippen LogP contribution in [0, 0.1) is 29.1 Å². The van der Waals surface area contributed by atoms with Gasteiger partial charge in [0, 0.05) is 11.3 Å². The van der Waals surface area contributed by atoms with Crippen molar-refractivity contribution in [3.05, 3.63) is 93.4 Å². The molecule has 3 aromatic carbocycles. The highest BCUT2D eigenvalue weighted by Crippen LogP contribution is 2.35. The molecule has 0 atom stereocenters. The predicted octanol–water partition coefficient (Wildman–Crippen LogP) is 7.88.